The van der Waals surface area contributed by atoms with Gasteiger partial charge in [0.25, 0.3) is 0 Å². The van der Waals surface area contributed by atoms with Gasteiger partial charge in [-0.25, -0.2) is 9.97 Å². The highest BCUT2D eigenvalue weighted by atomic mass is 35.5. The first-order valence-electron chi connectivity index (χ1n) is 7.25. The Bertz CT molecular complexity index is 515. The van der Waals surface area contributed by atoms with Crippen molar-refractivity contribution >= 4 is 17.4 Å². The van der Waals surface area contributed by atoms with E-state index in [9.17, 15) is 0 Å². The molecule has 0 N–H and O–H groups in total. The average molecular weight is 296 g/mol. The minimum atomic E-state index is -0.157. The maximum atomic E-state index is 6.16. The molecule has 1 saturated carbocycles. The zero-order chi connectivity index (χ0) is 13.6. The van der Waals surface area contributed by atoms with Crippen molar-refractivity contribution in [3.8, 4) is 0 Å². The number of halogens is 1. The predicted octanol–water partition coefficient (Wildman–Crippen LogP) is 2.00. The Morgan fingerprint density at radius 2 is 2.20 bits per heavy atom. The third kappa shape index (κ3) is 2.38. The molecule has 3 heterocycles. The Balaban J connectivity index is 1.59. The van der Waals surface area contributed by atoms with Crippen LogP contribution in [0.15, 0.2) is 6.07 Å². The van der Waals surface area contributed by atoms with Gasteiger partial charge in [0.2, 0.25) is 0 Å². The van der Waals surface area contributed by atoms with Crippen molar-refractivity contribution < 1.29 is 9.47 Å². The first-order chi connectivity index (χ1) is 9.74. The lowest BCUT2D eigenvalue weighted by atomic mass is 10.0. The lowest BCUT2D eigenvalue weighted by Gasteiger charge is -2.40. The van der Waals surface area contributed by atoms with Gasteiger partial charge in [0.05, 0.1) is 19.8 Å². The fraction of sp³-hybridized carbons (Fsp3) is 0.714. The molecule has 2 aliphatic heterocycles. The number of ether oxygens (including phenoxy) is 2. The van der Waals surface area contributed by atoms with Crippen molar-refractivity contribution in [3.05, 3.63) is 17.0 Å². The van der Waals surface area contributed by atoms with Crippen LogP contribution in [0.25, 0.3) is 0 Å². The van der Waals surface area contributed by atoms with Crippen LogP contribution in [-0.4, -0.2) is 48.5 Å². The number of morpholine rings is 1. The van der Waals surface area contributed by atoms with E-state index in [0.717, 1.165) is 37.8 Å². The molecule has 20 heavy (non-hydrogen) atoms. The minimum absolute atomic E-state index is 0.157. The van der Waals surface area contributed by atoms with E-state index < -0.39 is 0 Å². The molecule has 3 aliphatic rings. The van der Waals surface area contributed by atoms with E-state index in [1.165, 1.54) is 12.8 Å². The number of aromatic nitrogens is 2. The SMILES string of the molecule is Clc1cc(N2CCOC3(CCOC3)C2)nc(C2CC2)n1. The zero-order valence-corrected chi connectivity index (χ0v) is 12.1. The molecular formula is C14H18ClN3O2. The molecule has 1 aromatic heterocycles. The summed E-state index contributed by atoms with van der Waals surface area (Å²) in [6.45, 7) is 3.84. The van der Waals surface area contributed by atoms with Gasteiger partial charge in [-0.2, -0.15) is 0 Å². The number of hydrogen-bond donors (Lipinski definition) is 0. The predicted molar refractivity (Wildman–Crippen MR) is 75.3 cm³/mol. The summed E-state index contributed by atoms with van der Waals surface area (Å²) in [7, 11) is 0. The van der Waals surface area contributed by atoms with Gasteiger partial charge in [-0.05, 0) is 12.8 Å². The van der Waals surface area contributed by atoms with E-state index in [4.69, 9.17) is 26.1 Å². The summed E-state index contributed by atoms with van der Waals surface area (Å²) in [5.41, 5.74) is -0.157. The van der Waals surface area contributed by atoms with Gasteiger partial charge in [-0.15, -0.1) is 0 Å². The van der Waals surface area contributed by atoms with Crippen LogP contribution in [0.3, 0.4) is 0 Å². The molecule has 3 fully saturated rings. The van der Waals surface area contributed by atoms with Crippen LogP contribution >= 0.6 is 11.6 Å². The van der Waals surface area contributed by atoms with E-state index in [1.54, 1.807) is 0 Å². The standard InChI is InChI=1S/C14H18ClN3O2/c15-11-7-12(17-13(16-11)10-1-2-10)18-4-6-20-14(8-18)3-5-19-9-14/h7,10H,1-6,8-9H2. The zero-order valence-electron chi connectivity index (χ0n) is 11.3. The molecular weight excluding hydrogens is 278 g/mol. The number of hydrogen-bond acceptors (Lipinski definition) is 5. The number of rotatable bonds is 2. The average Bonchev–Trinajstić information content (AvgIpc) is 3.21. The Morgan fingerprint density at radius 1 is 1.30 bits per heavy atom. The molecule has 0 amide bonds. The molecule has 6 heteroatoms. The topological polar surface area (TPSA) is 47.5 Å². The lowest BCUT2D eigenvalue weighted by molar-refractivity contribution is -0.0581. The second kappa shape index (κ2) is 4.83. The van der Waals surface area contributed by atoms with Crippen LogP contribution in [0.5, 0.6) is 0 Å². The highest BCUT2D eigenvalue weighted by Gasteiger charge is 2.41. The van der Waals surface area contributed by atoms with Gasteiger partial charge in [-0.1, -0.05) is 11.6 Å². The second-order valence-electron chi connectivity index (χ2n) is 5.94. The van der Waals surface area contributed by atoms with E-state index in [2.05, 4.69) is 9.88 Å². The van der Waals surface area contributed by atoms with Crippen LogP contribution < -0.4 is 4.90 Å². The second-order valence-corrected chi connectivity index (χ2v) is 6.32. The van der Waals surface area contributed by atoms with Crippen LogP contribution in [0.4, 0.5) is 5.82 Å². The van der Waals surface area contributed by atoms with E-state index in [0.29, 0.717) is 24.3 Å². The molecule has 5 nitrogen and oxygen atoms in total. The molecule has 1 spiro atoms. The summed E-state index contributed by atoms with van der Waals surface area (Å²) in [6, 6.07) is 1.86. The minimum Gasteiger partial charge on any atom is -0.378 e. The number of nitrogens with zero attached hydrogens (tertiary/aromatic N) is 3. The Kier molecular flexibility index (Phi) is 3.09. The van der Waals surface area contributed by atoms with Gasteiger partial charge >= 0.3 is 0 Å². The van der Waals surface area contributed by atoms with Crippen molar-refractivity contribution in [1.82, 2.24) is 9.97 Å². The van der Waals surface area contributed by atoms with Gasteiger partial charge in [0.15, 0.2) is 0 Å². The fourth-order valence-electron chi connectivity index (χ4n) is 2.98. The summed E-state index contributed by atoms with van der Waals surface area (Å²) in [6.07, 6.45) is 3.32. The molecule has 1 atom stereocenters. The van der Waals surface area contributed by atoms with Gasteiger partial charge in [-0.3, -0.25) is 0 Å². The summed E-state index contributed by atoms with van der Waals surface area (Å²) in [5.74, 6) is 2.34. The van der Waals surface area contributed by atoms with Gasteiger partial charge < -0.3 is 14.4 Å². The maximum absolute atomic E-state index is 6.16. The molecule has 108 valence electrons. The molecule has 0 radical (unpaired) electrons. The van der Waals surface area contributed by atoms with Crippen molar-refractivity contribution in [1.29, 1.82) is 0 Å². The summed E-state index contributed by atoms with van der Waals surface area (Å²) < 4.78 is 11.5. The van der Waals surface area contributed by atoms with Gasteiger partial charge in [0, 0.05) is 31.6 Å². The van der Waals surface area contributed by atoms with Crippen LogP contribution in [0.1, 0.15) is 31.0 Å². The first kappa shape index (κ1) is 12.8. The van der Waals surface area contributed by atoms with Crippen LogP contribution in [0.2, 0.25) is 5.15 Å². The monoisotopic (exact) mass is 295 g/mol. The third-order valence-electron chi connectivity index (χ3n) is 4.28. The molecule has 0 bridgehead atoms. The largest absolute Gasteiger partial charge is 0.378 e. The van der Waals surface area contributed by atoms with Crippen LogP contribution in [0, 0.1) is 0 Å². The molecule has 1 aromatic rings. The fourth-order valence-corrected chi connectivity index (χ4v) is 3.16. The first-order valence-corrected chi connectivity index (χ1v) is 7.63. The smallest absolute Gasteiger partial charge is 0.135 e. The number of anilines is 1. The molecule has 4 rings (SSSR count). The molecule has 1 unspecified atom stereocenters. The van der Waals surface area contributed by atoms with Crippen molar-refractivity contribution in [2.24, 2.45) is 0 Å². The third-order valence-corrected chi connectivity index (χ3v) is 4.47. The molecule has 2 saturated heterocycles. The Labute approximate surface area is 123 Å². The Morgan fingerprint density at radius 3 is 2.95 bits per heavy atom. The van der Waals surface area contributed by atoms with E-state index in [1.807, 2.05) is 6.07 Å². The normalized spacial score (nSPS) is 30.1. The summed E-state index contributed by atoms with van der Waals surface area (Å²) >= 11 is 6.16. The van der Waals surface area contributed by atoms with Crippen LogP contribution in [-0.2, 0) is 9.47 Å². The summed E-state index contributed by atoms with van der Waals surface area (Å²) in [5, 5.41) is 0.542. The van der Waals surface area contributed by atoms with Crippen molar-refractivity contribution in [3.63, 3.8) is 0 Å². The summed E-state index contributed by atoms with van der Waals surface area (Å²) in [4.78, 5) is 11.3. The highest BCUT2D eigenvalue weighted by molar-refractivity contribution is 6.29. The molecule has 0 aromatic carbocycles. The lowest BCUT2D eigenvalue weighted by Crippen LogP contribution is -2.52. The Hall–Kier alpha value is -0.910. The quantitative estimate of drug-likeness (QED) is 0.781. The highest BCUT2D eigenvalue weighted by Crippen LogP contribution is 2.39. The van der Waals surface area contributed by atoms with Crippen molar-refractivity contribution in [2.75, 3.05) is 37.8 Å². The maximum Gasteiger partial charge on any atom is 0.135 e. The van der Waals surface area contributed by atoms with E-state index in [-0.39, 0.29) is 5.60 Å². The van der Waals surface area contributed by atoms with E-state index >= 15 is 0 Å². The van der Waals surface area contributed by atoms with Crippen molar-refractivity contribution in [2.45, 2.75) is 30.8 Å². The molecule has 1 aliphatic carbocycles. The van der Waals surface area contributed by atoms with Gasteiger partial charge in [0.1, 0.15) is 22.4 Å².